The Hall–Kier alpha value is -5.86. The third-order valence-corrected chi connectivity index (χ3v) is 8.62. The lowest BCUT2D eigenvalue weighted by molar-refractivity contribution is 0.828. The van der Waals surface area contributed by atoms with E-state index in [1.165, 1.54) is 60.4 Å². The van der Waals surface area contributed by atoms with Crippen LogP contribution in [0.25, 0.3) is 43.4 Å². The summed E-state index contributed by atoms with van der Waals surface area (Å²) in [5.74, 6) is 0. The van der Waals surface area contributed by atoms with Crippen LogP contribution in [-0.4, -0.2) is 0 Å². The third kappa shape index (κ3) is 7.56. The van der Waals surface area contributed by atoms with Gasteiger partial charge in [-0.1, -0.05) is 172 Å². The van der Waals surface area contributed by atoms with E-state index < -0.39 is 0 Å². The minimum absolute atomic E-state index is 0.0372. The van der Waals surface area contributed by atoms with Gasteiger partial charge in [0.15, 0.2) is 0 Å². The first kappa shape index (κ1) is 35.4. The van der Waals surface area contributed by atoms with Gasteiger partial charge in [-0.15, -0.1) is 0 Å². The van der Waals surface area contributed by atoms with Crippen molar-refractivity contribution >= 4 is 49.4 Å². The van der Waals surface area contributed by atoms with E-state index in [0.717, 1.165) is 5.69 Å². The number of anilines is 3. The minimum Gasteiger partial charge on any atom is -0.359 e. The largest absolute Gasteiger partial charge is 0.359 e. The average molecular weight is 653 g/mol. The summed E-state index contributed by atoms with van der Waals surface area (Å²) in [4.78, 5) is 2.40. The van der Waals surface area contributed by atoms with Gasteiger partial charge in [0.1, 0.15) is 6.17 Å². The van der Waals surface area contributed by atoms with E-state index >= 15 is 0 Å². The zero-order valence-corrected chi connectivity index (χ0v) is 30.0. The molecule has 0 bridgehead atoms. The van der Waals surface area contributed by atoms with E-state index in [2.05, 4.69) is 150 Å². The number of allylic oxidation sites excluding steroid dienone is 7. The van der Waals surface area contributed by atoms with Crippen LogP contribution in [-0.2, 0) is 0 Å². The van der Waals surface area contributed by atoms with Crippen LogP contribution in [0, 0.1) is 0 Å². The zero-order chi connectivity index (χ0) is 35.3. The third-order valence-electron chi connectivity index (χ3n) is 8.62. The highest BCUT2D eigenvalue weighted by Crippen LogP contribution is 2.48. The van der Waals surface area contributed by atoms with Crippen LogP contribution in [0.4, 0.5) is 17.1 Å². The number of para-hydroxylation sites is 1. The Kier molecular flexibility index (Phi) is 12.4. The summed E-state index contributed by atoms with van der Waals surface area (Å²) < 4.78 is 0. The monoisotopic (exact) mass is 652 g/mol. The molecule has 1 aliphatic rings. The molecule has 2 heteroatoms. The first-order valence-corrected chi connectivity index (χ1v) is 17.6. The van der Waals surface area contributed by atoms with E-state index in [-0.39, 0.29) is 6.17 Å². The second kappa shape index (κ2) is 17.5. The van der Waals surface area contributed by atoms with Gasteiger partial charge in [-0.3, -0.25) is 0 Å². The molecule has 7 aromatic rings. The van der Waals surface area contributed by atoms with Gasteiger partial charge in [0.2, 0.25) is 0 Å². The Morgan fingerprint density at radius 3 is 1.76 bits per heavy atom. The summed E-state index contributed by atoms with van der Waals surface area (Å²) in [6, 6.07) is 48.4. The molecule has 2 nitrogen and oxygen atoms in total. The zero-order valence-electron chi connectivity index (χ0n) is 30.0. The van der Waals surface area contributed by atoms with Gasteiger partial charge in [-0.25, -0.2) is 0 Å². The summed E-state index contributed by atoms with van der Waals surface area (Å²) in [5, 5.41) is 11.7. The van der Waals surface area contributed by atoms with Crippen molar-refractivity contribution in [2.45, 2.75) is 40.8 Å². The van der Waals surface area contributed by atoms with Gasteiger partial charge >= 0.3 is 0 Å². The average Bonchev–Trinajstić information content (AvgIpc) is 3.57. The van der Waals surface area contributed by atoms with Crippen molar-refractivity contribution in [2.75, 3.05) is 10.2 Å². The van der Waals surface area contributed by atoms with Crippen molar-refractivity contribution in [2.24, 2.45) is 0 Å². The molecule has 0 fully saturated rings. The number of nitrogens with zero attached hydrogens (tertiary/aromatic N) is 1. The molecule has 0 amide bonds. The molecule has 0 spiro atoms. The summed E-state index contributed by atoms with van der Waals surface area (Å²) in [6.45, 7) is 13.4. The van der Waals surface area contributed by atoms with Crippen molar-refractivity contribution in [1.29, 1.82) is 0 Å². The Balaban J connectivity index is 0.000000325. The van der Waals surface area contributed by atoms with Crippen LogP contribution in [0.2, 0.25) is 0 Å². The first-order valence-electron chi connectivity index (χ1n) is 17.6. The van der Waals surface area contributed by atoms with Crippen molar-refractivity contribution in [3.63, 3.8) is 0 Å². The first-order chi connectivity index (χ1) is 24.7. The Labute approximate surface area is 298 Å². The molecular weight excluding hydrogens is 605 g/mol. The van der Waals surface area contributed by atoms with E-state index in [4.69, 9.17) is 0 Å². The second-order valence-electron chi connectivity index (χ2n) is 11.7. The van der Waals surface area contributed by atoms with Gasteiger partial charge in [0, 0.05) is 5.69 Å². The molecular formula is C48H48N2. The number of rotatable bonds is 5. The van der Waals surface area contributed by atoms with Crippen LogP contribution in [0.3, 0.4) is 0 Å². The highest BCUT2D eigenvalue weighted by molar-refractivity contribution is 6.25. The lowest BCUT2D eigenvalue weighted by atomic mass is 9.90. The topological polar surface area (TPSA) is 15.3 Å². The molecule has 0 aromatic heterocycles. The maximum absolute atomic E-state index is 3.83. The molecule has 1 aliphatic heterocycles. The molecule has 250 valence electrons. The minimum atomic E-state index is 0.0372. The molecule has 1 N–H and O–H groups in total. The standard InChI is InChI=1S/C35H24N2.C6H10.C5H8.C2H6/c1-3-8-26(9-4-1)35-36-31-22-27(18-21-32(31)37(35)28-12-5-2-6-13-28)29-19-16-25-15-14-23-10-7-11-24-17-20-30(29)34(25)33(23)24;1-3-5-6-4-2;1-3-5-4-2;1-2/h1-22,35-36H;3-6H,1-2H3;3-5H,1H2,2H3;1-2H3/b;5-3-,6-4-;5-4-;. The molecule has 0 saturated carbocycles. The maximum Gasteiger partial charge on any atom is 0.130 e. The fourth-order valence-electron chi connectivity index (χ4n) is 6.47. The van der Waals surface area contributed by atoms with Gasteiger partial charge in [0.25, 0.3) is 0 Å². The summed E-state index contributed by atoms with van der Waals surface area (Å²) >= 11 is 0. The van der Waals surface area contributed by atoms with Crippen LogP contribution < -0.4 is 10.2 Å². The highest BCUT2D eigenvalue weighted by atomic mass is 15.3. The lowest BCUT2D eigenvalue weighted by Crippen LogP contribution is -2.23. The molecule has 7 aromatic carbocycles. The van der Waals surface area contributed by atoms with Gasteiger partial charge in [0.05, 0.1) is 11.4 Å². The van der Waals surface area contributed by atoms with E-state index in [9.17, 15) is 0 Å². The number of nitrogens with one attached hydrogen (secondary N) is 1. The predicted molar refractivity (Wildman–Crippen MR) is 223 cm³/mol. The molecule has 8 rings (SSSR count). The number of hydrogen-bond acceptors (Lipinski definition) is 2. The lowest BCUT2D eigenvalue weighted by Gasteiger charge is -2.27. The van der Waals surface area contributed by atoms with Crippen molar-refractivity contribution < 1.29 is 0 Å². The predicted octanol–water partition coefficient (Wildman–Crippen LogP) is 14.4. The summed E-state index contributed by atoms with van der Waals surface area (Å²) in [5.41, 5.74) is 7.27. The smallest absolute Gasteiger partial charge is 0.130 e. The quantitative estimate of drug-likeness (QED) is 0.147. The molecule has 0 radical (unpaired) electrons. The fraction of sp³-hybridized carbons (Fsp3) is 0.125. The van der Waals surface area contributed by atoms with Crippen LogP contribution in [0.1, 0.15) is 46.3 Å². The van der Waals surface area contributed by atoms with Crippen LogP contribution >= 0.6 is 0 Å². The highest BCUT2D eigenvalue weighted by Gasteiger charge is 2.31. The van der Waals surface area contributed by atoms with Gasteiger partial charge < -0.3 is 10.2 Å². The Bertz CT molecular complexity index is 2180. The summed E-state index contributed by atoms with van der Waals surface area (Å²) in [7, 11) is 0. The molecule has 0 saturated heterocycles. The molecule has 50 heavy (non-hydrogen) atoms. The van der Waals surface area contributed by atoms with Crippen molar-refractivity contribution in [3.05, 3.63) is 188 Å². The number of fused-ring (bicyclic) bond motifs is 1. The molecule has 1 heterocycles. The Morgan fingerprint density at radius 1 is 0.580 bits per heavy atom. The van der Waals surface area contributed by atoms with E-state index in [1.54, 1.807) is 6.08 Å². The number of benzene rings is 7. The van der Waals surface area contributed by atoms with Gasteiger partial charge in [-0.05, 0) is 94.0 Å². The van der Waals surface area contributed by atoms with Crippen LogP contribution in [0.15, 0.2) is 183 Å². The van der Waals surface area contributed by atoms with E-state index in [0.29, 0.717) is 0 Å². The molecule has 1 atom stereocenters. The van der Waals surface area contributed by atoms with Gasteiger partial charge in [-0.2, -0.15) is 0 Å². The molecule has 0 aliphatic carbocycles. The normalized spacial score (nSPS) is 13.5. The fourth-order valence-corrected chi connectivity index (χ4v) is 6.47. The van der Waals surface area contributed by atoms with Crippen molar-refractivity contribution in [3.8, 4) is 11.1 Å². The Morgan fingerprint density at radius 2 is 1.16 bits per heavy atom. The maximum atomic E-state index is 3.83. The van der Waals surface area contributed by atoms with Crippen LogP contribution in [0.5, 0.6) is 0 Å². The number of hydrogen-bond donors (Lipinski definition) is 1. The van der Waals surface area contributed by atoms with Crippen molar-refractivity contribution in [1.82, 2.24) is 0 Å². The molecule has 1 unspecified atom stereocenters. The summed E-state index contributed by atoms with van der Waals surface area (Å²) in [6.07, 6.45) is 13.6. The SMILES string of the molecule is C/C=C\C=C/C.C=C/C=C\C.CC.c1ccc(C2Nc3cc(-c4ccc5ccc6cccc7ccc4c5c67)ccc3N2c2ccccc2)cc1. The second-order valence-corrected chi connectivity index (χ2v) is 11.7. The van der Waals surface area contributed by atoms with E-state index in [1.807, 2.05) is 71.1 Å².